The molecule has 0 radical (unpaired) electrons. The van der Waals surface area contributed by atoms with Crippen LogP contribution in [0.3, 0.4) is 0 Å². The van der Waals surface area contributed by atoms with Gasteiger partial charge in [0.15, 0.2) is 12.4 Å². The first kappa shape index (κ1) is 14.0. The number of carboxylic acid groups (broad SMARTS) is 1. The minimum absolute atomic E-state index is 0.0187. The van der Waals surface area contributed by atoms with Crippen LogP contribution in [0.25, 0.3) is 0 Å². The van der Waals surface area contributed by atoms with Crippen LogP contribution < -0.4 is 4.74 Å². The molecule has 18 heavy (non-hydrogen) atoms. The van der Waals surface area contributed by atoms with Gasteiger partial charge in [-0.1, -0.05) is 6.07 Å². The summed E-state index contributed by atoms with van der Waals surface area (Å²) in [6.45, 7) is -1.87. The Hall–Kier alpha value is -2.02. The normalized spacial score (nSPS) is 12.3. The number of carbonyl (C=O) groups is 2. The minimum Gasteiger partial charge on any atom is -0.479 e. The summed E-state index contributed by atoms with van der Waals surface area (Å²) in [5.74, 6) is -1.96. The number of carbonyl (C=O) groups excluding carboxylic acids is 1. The lowest BCUT2D eigenvalue weighted by molar-refractivity contribution is -0.147. The van der Waals surface area contributed by atoms with Crippen molar-refractivity contribution in [1.29, 1.82) is 0 Å². The first-order valence-corrected chi connectivity index (χ1v) is 4.82. The third-order valence-corrected chi connectivity index (χ3v) is 2.34. The van der Waals surface area contributed by atoms with Crippen molar-refractivity contribution in [3.63, 3.8) is 0 Å². The van der Waals surface area contributed by atoms with Crippen LogP contribution in [-0.4, -0.2) is 29.1 Å². The molecular formula is C11H10F2O5. The highest BCUT2D eigenvalue weighted by Gasteiger charge is 2.23. The summed E-state index contributed by atoms with van der Waals surface area (Å²) in [4.78, 5) is 21.3. The van der Waals surface area contributed by atoms with E-state index in [-0.39, 0.29) is 16.7 Å². The van der Waals surface area contributed by atoms with Gasteiger partial charge in [0.2, 0.25) is 0 Å². The predicted octanol–water partition coefficient (Wildman–Crippen LogP) is 1.53. The Balaban J connectivity index is 3.33. The number of aldehydes is 1. The lowest BCUT2D eigenvalue weighted by atomic mass is 9.99. The molecule has 0 saturated heterocycles. The molecular weight excluding hydrogens is 250 g/mol. The quantitative estimate of drug-likeness (QED) is 0.784. The highest BCUT2D eigenvalue weighted by atomic mass is 19.3. The van der Waals surface area contributed by atoms with Crippen molar-refractivity contribution < 1.29 is 33.3 Å². The molecule has 0 aromatic heterocycles. The summed E-state index contributed by atoms with van der Waals surface area (Å²) in [7, 11) is 0. The van der Waals surface area contributed by atoms with E-state index in [0.717, 1.165) is 6.07 Å². The lowest BCUT2D eigenvalue weighted by Gasteiger charge is -2.15. The molecule has 0 aliphatic heterocycles. The zero-order chi connectivity index (χ0) is 13.9. The third kappa shape index (κ3) is 2.80. The Kier molecular flexibility index (Phi) is 4.33. The van der Waals surface area contributed by atoms with Crippen molar-refractivity contribution in [1.82, 2.24) is 0 Å². The van der Waals surface area contributed by atoms with E-state index in [0.29, 0.717) is 6.29 Å². The van der Waals surface area contributed by atoms with Crippen LogP contribution in [0.1, 0.15) is 27.6 Å². The fourth-order valence-corrected chi connectivity index (χ4v) is 1.50. The highest BCUT2D eigenvalue weighted by Crippen LogP contribution is 2.30. The van der Waals surface area contributed by atoms with Gasteiger partial charge in [0.25, 0.3) is 0 Å². The van der Waals surface area contributed by atoms with Crippen LogP contribution in [0.2, 0.25) is 0 Å². The molecule has 2 N–H and O–H groups in total. The number of alkyl halides is 2. The molecule has 0 fully saturated rings. The van der Waals surface area contributed by atoms with Crippen molar-refractivity contribution in [2.75, 3.05) is 0 Å². The molecule has 1 rings (SSSR count). The van der Waals surface area contributed by atoms with Crippen molar-refractivity contribution in [3.8, 4) is 5.75 Å². The van der Waals surface area contributed by atoms with Crippen molar-refractivity contribution in [2.45, 2.75) is 19.6 Å². The summed E-state index contributed by atoms with van der Waals surface area (Å²) in [5.41, 5.74) is -0.271. The van der Waals surface area contributed by atoms with Crippen LogP contribution in [0, 0.1) is 6.92 Å². The molecule has 0 saturated carbocycles. The van der Waals surface area contributed by atoms with Gasteiger partial charge in [0.1, 0.15) is 5.75 Å². The fraction of sp³-hybridized carbons (Fsp3) is 0.273. The van der Waals surface area contributed by atoms with Gasteiger partial charge in [-0.05, 0) is 24.1 Å². The Bertz CT molecular complexity index is 473. The van der Waals surface area contributed by atoms with Gasteiger partial charge in [-0.25, -0.2) is 4.79 Å². The smallest absolute Gasteiger partial charge is 0.387 e. The summed E-state index contributed by atoms with van der Waals surface area (Å²) >= 11 is 0. The van der Waals surface area contributed by atoms with E-state index in [9.17, 15) is 23.5 Å². The Morgan fingerprint density at radius 1 is 1.44 bits per heavy atom. The predicted molar refractivity (Wildman–Crippen MR) is 55.8 cm³/mol. The molecule has 1 atom stereocenters. The standard InChI is InChI=1S/C11H10F2O5/c1-5-7(8(15)10(16)17)3-2-6(4-14)9(5)18-11(12)13/h2-4,8,11,15H,1H3,(H,16,17). The molecule has 0 heterocycles. The molecule has 1 aromatic carbocycles. The Morgan fingerprint density at radius 2 is 2.06 bits per heavy atom. The maximum atomic E-state index is 12.2. The van der Waals surface area contributed by atoms with E-state index in [4.69, 9.17) is 5.11 Å². The van der Waals surface area contributed by atoms with Crippen LogP contribution in [0.15, 0.2) is 12.1 Å². The maximum absolute atomic E-state index is 12.2. The Morgan fingerprint density at radius 3 is 2.50 bits per heavy atom. The first-order valence-electron chi connectivity index (χ1n) is 4.82. The third-order valence-electron chi connectivity index (χ3n) is 2.34. The number of ether oxygens (including phenoxy) is 1. The first-order chi connectivity index (χ1) is 8.38. The lowest BCUT2D eigenvalue weighted by Crippen LogP contribution is -2.14. The number of aliphatic carboxylic acids is 1. The number of halogens is 2. The summed E-state index contributed by atoms with van der Waals surface area (Å²) < 4.78 is 28.6. The SMILES string of the molecule is Cc1c(C(O)C(=O)O)ccc(C=O)c1OC(F)F. The number of hydrogen-bond acceptors (Lipinski definition) is 4. The van der Waals surface area contributed by atoms with Gasteiger partial charge in [0, 0.05) is 0 Å². The second kappa shape index (κ2) is 5.54. The van der Waals surface area contributed by atoms with Gasteiger partial charge in [-0.3, -0.25) is 4.79 Å². The van der Waals surface area contributed by atoms with E-state index in [2.05, 4.69) is 4.74 Å². The van der Waals surface area contributed by atoms with Gasteiger partial charge in [0.05, 0.1) is 5.56 Å². The number of aliphatic hydroxyl groups excluding tert-OH is 1. The molecule has 5 nitrogen and oxygen atoms in total. The van der Waals surface area contributed by atoms with E-state index in [1.807, 2.05) is 0 Å². The molecule has 98 valence electrons. The van der Waals surface area contributed by atoms with E-state index < -0.39 is 24.4 Å². The molecule has 0 aliphatic carbocycles. The molecule has 0 aliphatic rings. The van der Waals surface area contributed by atoms with Crippen LogP contribution in [-0.2, 0) is 4.79 Å². The summed E-state index contributed by atoms with van der Waals surface area (Å²) in [6.07, 6.45) is -1.56. The largest absolute Gasteiger partial charge is 0.479 e. The second-order valence-electron chi connectivity index (χ2n) is 3.44. The number of rotatable bonds is 5. The summed E-state index contributed by atoms with van der Waals surface area (Å²) in [6, 6.07) is 2.29. The molecule has 0 spiro atoms. The highest BCUT2D eigenvalue weighted by molar-refractivity contribution is 5.82. The van der Waals surface area contributed by atoms with Gasteiger partial charge < -0.3 is 14.9 Å². The zero-order valence-electron chi connectivity index (χ0n) is 9.26. The monoisotopic (exact) mass is 260 g/mol. The number of carboxylic acids is 1. The molecule has 7 heteroatoms. The maximum Gasteiger partial charge on any atom is 0.387 e. The molecule has 1 aromatic rings. The van der Waals surface area contributed by atoms with Crippen molar-refractivity contribution in [2.24, 2.45) is 0 Å². The van der Waals surface area contributed by atoms with E-state index in [1.165, 1.54) is 13.0 Å². The average molecular weight is 260 g/mol. The van der Waals surface area contributed by atoms with Gasteiger partial charge >= 0.3 is 12.6 Å². The number of aliphatic hydroxyl groups is 1. The van der Waals surface area contributed by atoms with Crippen molar-refractivity contribution in [3.05, 3.63) is 28.8 Å². The van der Waals surface area contributed by atoms with Crippen molar-refractivity contribution >= 4 is 12.3 Å². The zero-order valence-corrected chi connectivity index (χ0v) is 9.26. The average Bonchev–Trinajstić information content (AvgIpc) is 2.30. The van der Waals surface area contributed by atoms with Gasteiger partial charge in [-0.2, -0.15) is 8.78 Å². The van der Waals surface area contributed by atoms with E-state index in [1.54, 1.807) is 0 Å². The number of hydrogen-bond donors (Lipinski definition) is 2. The fourth-order valence-electron chi connectivity index (χ4n) is 1.50. The minimum atomic E-state index is -3.15. The molecule has 1 unspecified atom stereocenters. The van der Waals surface area contributed by atoms with E-state index >= 15 is 0 Å². The van der Waals surface area contributed by atoms with Crippen LogP contribution in [0.5, 0.6) is 5.75 Å². The van der Waals surface area contributed by atoms with Crippen LogP contribution >= 0.6 is 0 Å². The van der Waals surface area contributed by atoms with Gasteiger partial charge in [-0.15, -0.1) is 0 Å². The molecule has 0 bridgehead atoms. The summed E-state index contributed by atoms with van der Waals surface area (Å²) in [5, 5.41) is 18.0. The second-order valence-corrected chi connectivity index (χ2v) is 3.44. The topological polar surface area (TPSA) is 83.8 Å². The molecule has 0 amide bonds. The van der Waals surface area contributed by atoms with Crippen LogP contribution in [0.4, 0.5) is 8.78 Å². The number of benzene rings is 1. The Labute approximate surface area is 101 Å².